The van der Waals surface area contributed by atoms with Crippen LogP contribution in [0.3, 0.4) is 0 Å². The van der Waals surface area contributed by atoms with E-state index in [4.69, 9.17) is 0 Å². The van der Waals surface area contributed by atoms with Crippen molar-refractivity contribution in [1.82, 2.24) is 25.5 Å². The Morgan fingerprint density at radius 3 is 2.95 bits per heavy atom. The number of carbonyl (C=O) groups is 3. The van der Waals surface area contributed by atoms with Gasteiger partial charge in [0.2, 0.25) is 5.91 Å². The third kappa shape index (κ3) is 3.73. The van der Waals surface area contributed by atoms with Crippen molar-refractivity contribution in [3.63, 3.8) is 0 Å². The molecule has 108 valence electrons. The van der Waals surface area contributed by atoms with E-state index >= 15 is 0 Å². The zero-order valence-corrected chi connectivity index (χ0v) is 11.7. The SMILES string of the molecule is Cn1ccnc1SCCNC(=O)C[C@@H]1NC(=O)NC1=O. The van der Waals surface area contributed by atoms with Crippen molar-refractivity contribution in [2.75, 3.05) is 12.3 Å². The van der Waals surface area contributed by atoms with Gasteiger partial charge >= 0.3 is 6.03 Å². The van der Waals surface area contributed by atoms with Gasteiger partial charge in [0.25, 0.3) is 5.91 Å². The lowest BCUT2D eigenvalue weighted by molar-refractivity contribution is -0.126. The molecule has 2 heterocycles. The van der Waals surface area contributed by atoms with E-state index < -0.39 is 18.0 Å². The summed E-state index contributed by atoms with van der Waals surface area (Å²) >= 11 is 1.53. The average Bonchev–Trinajstić information content (AvgIpc) is 2.92. The fraction of sp³-hybridized carbons (Fsp3) is 0.455. The molecule has 2 rings (SSSR count). The van der Waals surface area contributed by atoms with Crippen LogP contribution < -0.4 is 16.0 Å². The minimum absolute atomic E-state index is 0.0509. The number of thioether (sulfide) groups is 1. The second-order valence-electron chi connectivity index (χ2n) is 4.24. The van der Waals surface area contributed by atoms with Crippen LogP contribution in [0.25, 0.3) is 0 Å². The normalized spacial score (nSPS) is 17.8. The lowest BCUT2D eigenvalue weighted by atomic mass is 10.2. The molecule has 1 aliphatic rings. The molecule has 1 aromatic rings. The van der Waals surface area contributed by atoms with E-state index in [-0.39, 0.29) is 12.3 Å². The molecule has 1 aliphatic heterocycles. The Hall–Kier alpha value is -2.03. The highest BCUT2D eigenvalue weighted by Crippen LogP contribution is 2.12. The molecular formula is C11H15N5O3S. The van der Waals surface area contributed by atoms with Crippen LogP contribution in [-0.2, 0) is 16.6 Å². The van der Waals surface area contributed by atoms with Gasteiger partial charge in [0.1, 0.15) is 6.04 Å². The average molecular weight is 297 g/mol. The Morgan fingerprint density at radius 1 is 1.55 bits per heavy atom. The summed E-state index contributed by atoms with van der Waals surface area (Å²) in [7, 11) is 1.90. The number of imide groups is 1. The topological polar surface area (TPSA) is 105 Å². The van der Waals surface area contributed by atoms with Crippen molar-refractivity contribution >= 4 is 29.6 Å². The van der Waals surface area contributed by atoms with E-state index in [1.54, 1.807) is 6.20 Å². The highest BCUT2D eigenvalue weighted by Gasteiger charge is 2.30. The van der Waals surface area contributed by atoms with Crippen LogP contribution in [0.1, 0.15) is 6.42 Å². The molecule has 9 heteroatoms. The van der Waals surface area contributed by atoms with E-state index in [9.17, 15) is 14.4 Å². The van der Waals surface area contributed by atoms with Gasteiger partial charge in [-0.2, -0.15) is 0 Å². The smallest absolute Gasteiger partial charge is 0.322 e. The fourth-order valence-electron chi connectivity index (χ4n) is 1.68. The van der Waals surface area contributed by atoms with Gasteiger partial charge in [0, 0.05) is 31.7 Å². The van der Waals surface area contributed by atoms with Crippen molar-refractivity contribution in [2.45, 2.75) is 17.6 Å². The summed E-state index contributed by atoms with van der Waals surface area (Å²) in [5, 5.41) is 8.03. The first-order valence-corrected chi connectivity index (χ1v) is 7.03. The number of hydrogen-bond donors (Lipinski definition) is 3. The van der Waals surface area contributed by atoms with Crippen molar-refractivity contribution in [1.29, 1.82) is 0 Å². The van der Waals surface area contributed by atoms with E-state index in [0.29, 0.717) is 12.3 Å². The number of urea groups is 1. The standard InChI is InChI=1S/C11H15N5O3S/c1-16-4-2-13-11(16)20-5-3-12-8(17)6-7-9(18)15-10(19)14-7/h2,4,7H,3,5-6H2,1H3,(H,12,17)(H2,14,15,18,19)/t7-/m0/s1. The Morgan fingerprint density at radius 2 is 2.35 bits per heavy atom. The van der Waals surface area contributed by atoms with Gasteiger partial charge in [-0.05, 0) is 0 Å². The van der Waals surface area contributed by atoms with Crippen LogP contribution in [0.2, 0.25) is 0 Å². The summed E-state index contributed by atoms with van der Waals surface area (Å²) in [5.41, 5.74) is 0. The molecule has 1 fully saturated rings. The monoisotopic (exact) mass is 297 g/mol. The van der Waals surface area contributed by atoms with Crippen molar-refractivity contribution in [3.8, 4) is 0 Å². The van der Waals surface area contributed by atoms with Crippen molar-refractivity contribution < 1.29 is 14.4 Å². The zero-order valence-electron chi connectivity index (χ0n) is 10.9. The van der Waals surface area contributed by atoms with Gasteiger partial charge in [0.05, 0.1) is 6.42 Å². The van der Waals surface area contributed by atoms with Crippen LogP contribution >= 0.6 is 11.8 Å². The maximum atomic E-state index is 11.6. The molecule has 8 nitrogen and oxygen atoms in total. The number of rotatable bonds is 6. The first kappa shape index (κ1) is 14.4. The van der Waals surface area contributed by atoms with Crippen molar-refractivity contribution in [2.24, 2.45) is 7.05 Å². The van der Waals surface area contributed by atoms with Gasteiger partial charge in [-0.1, -0.05) is 11.8 Å². The van der Waals surface area contributed by atoms with Gasteiger partial charge in [-0.15, -0.1) is 0 Å². The molecule has 0 radical (unpaired) electrons. The lowest BCUT2D eigenvalue weighted by Gasteiger charge is -2.08. The number of nitrogens with zero attached hydrogens (tertiary/aromatic N) is 2. The second kappa shape index (κ2) is 6.42. The maximum absolute atomic E-state index is 11.6. The molecule has 3 N–H and O–H groups in total. The molecule has 0 aromatic carbocycles. The molecule has 0 unspecified atom stereocenters. The number of imidazole rings is 1. The Balaban J connectivity index is 1.64. The summed E-state index contributed by atoms with van der Waals surface area (Å²) in [6, 6.07) is -1.33. The van der Waals surface area contributed by atoms with E-state index in [1.807, 2.05) is 17.8 Å². The minimum atomic E-state index is -0.773. The molecule has 0 aliphatic carbocycles. The third-order valence-electron chi connectivity index (χ3n) is 2.68. The van der Waals surface area contributed by atoms with Gasteiger partial charge in [-0.3, -0.25) is 14.9 Å². The zero-order chi connectivity index (χ0) is 14.5. The molecule has 1 atom stereocenters. The van der Waals surface area contributed by atoms with Gasteiger partial charge < -0.3 is 15.2 Å². The fourth-order valence-corrected chi connectivity index (χ4v) is 2.47. The summed E-state index contributed by atoms with van der Waals surface area (Å²) in [4.78, 5) is 37.9. The van der Waals surface area contributed by atoms with Crippen LogP contribution in [-0.4, -0.2) is 45.7 Å². The first-order valence-electron chi connectivity index (χ1n) is 6.04. The Kier molecular flexibility index (Phi) is 4.61. The summed E-state index contributed by atoms with van der Waals surface area (Å²) in [6.07, 6.45) is 3.51. The molecule has 1 aromatic heterocycles. The van der Waals surface area contributed by atoms with E-state index in [2.05, 4.69) is 20.9 Å². The highest BCUT2D eigenvalue weighted by atomic mass is 32.2. The minimum Gasteiger partial charge on any atom is -0.355 e. The van der Waals surface area contributed by atoms with Crippen LogP contribution in [0.5, 0.6) is 0 Å². The number of carbonyl (C=O) groups excluding carboxylic acids is 3. The van der Waals surface area contributed by atoms with E-state index in [1.165, 1.54) is 11.8 Å². The molecule has 1 saturated heterocycles. The Labute approximate surface area is 119 Å². The molecule has 20 heavy (non-hydrogen) atoms. The third-order valence-corrected chi connectivity index (χ3v) is 3.74. The number of nitrogens with one attached hydrogen (secondary N) is 3. The molecule has 0 saturated carbocycles. The predicted octanol–water partition coefficient (Wildman–Crippen LogP) is -0.773. The maximum Gasteiger partial charge on any atom is 0.322 e. The summed E-state index contributed by atoms with van der Waals surface area (Å²) < 4.78 is 1.89. The quantitative estimate of drug-likeness (QED) is 0.363. The second-order valence-corrected chi connectivity index (χ2v) is 5.30. The lowest BCUT2D eigenvalue weighted by Crippen LogP contribution is -2.36. The number of aromatic nitrogens is 2. The van der Waals surface area contributed by atoms with Crippen molar-refractivity contribution in [3.05, 3.63) is 12.4 Å². The molecule has 4 amide bonds. The van der Waals surface area contributed by atoms with Crippen LogP contribution in [0.4, 0.5) is 4.79 Å². The van der Waals surface area contributed by atoms with E-state index in [0.717, 1.165) is 5.16 Å². The van der Waals surface area contributed by atoms with Crippen LogP contribution in [0.15, 0.2) is 17.6 Å². The number of aryl methyl sites for hydroxylation is 1. The predicted molar refractivity (Wildman–Crippen MR) is 72.0 cm³/mol. The van der Waals surface area contributed by atoms with Crippen LogP contribution in [0, 0.1) is 0 Å². The Bertz CT molecular complexity index is 530. The summed E-state index contributed by atoms with van der Waals surface area (Å²) in [5.74, 6) is -0.0554. The van der Waals surface area contributed by atoms with Gasteiger partial charge in [0.15, 0.2) is 5.16 Å². The molecule has 0 spiro atoms. The number of amides is 4. The number of hydrogen-bond acceptors (Lipinski definition) is 5. The summed E-state index contributed by atoms with van der Waals surface area (Å²) in [6.45, 7) is 0.471. The van der Waals surface area contributed by atoms with Gasteiger partial charge in [-0.25, -0.2) is 9.78 Å². The first-order chi connectivity index (χ1) is 9.56. The highest BCUT2D eigenvalue weighted by molar-refractivity contribution is 7.99. The largest absolute Gasteiger partial charge is 0.355 e. The molecular weight excluding hydrogens is 282 g/mol. The molecule has 0 bridgehead atoms.